The molecule has 5 nitrogen and oxygen atoms in total. The summed E-state index contributed by atoms with van der Waals surface area (Å²) in [5.41, 5.74) is 5.26. The Hall–Kier alpha value is -2.14. The molecule has 3 N–H and O–H groups in total. The smallest absolute Gasteiger partial charge is 0.279 e. The molecular weight excluding hydrogens is 324 g/mol. The van der Waals surface area contributed by atoms with Crippen molar-refractivity contribution in [2.24, 2.45) is 13.0 Å². The highest BCUT2D eigenvalue weighted by molar-refractivity contribution is 5.92. The number of aryl methyl sites for hydroxylation is 2. The maximum atomic E-state index is 12.4. The van der Waals surface area contributed by atoms with Crippen molar-refractivity contribution in [3.63, 3.8) is 0 Å². The number of nitrogens with two attached hydrogens (primary N) is 1. The number of hydrogen-bond acceptors (Lipinski definition) is 2. The monoisotopic (exact) mass is 357 g/mol. The molecule has 0 spiro atoms. The maximum Gasteiger partial charge on any atom is 0.279 e. The van der Waals surface area contributed by atoms with Crippen LogP contribution in [0.1, 0.15) is 62.2 Å². The molecule has 1 aromatic heterocycles. The molecule has 0 aliphatic heterocycles. The number of rotatable bonds is 7. The normalized spacial score (nSPS) is 12.7. The molecule has 0 saturated carbocycles. The number of carbonyl (C=O) groups excluding carboxylic acids is 1. The first-order valence-electron chi connectivity index (χ1n) is 9.44. The van der Waals surface area contributed by atoms with Crippen molar-refractivity contribution in [3.05, 3.63) is 46.8 Å². The van der Waals surface area contributed by atoms with Gasteiger partial charge in [-0.05, 0) is 25.3 Å². The van der Waals surface area contributed by atoms with E-state index >= 15 is 0 Å². The van der Waals surface area contributed by atoms with Crippen molar-refractivity contribution < 1.29 is 10.1 Å². The van der Waals surface area contributed by atoms with Gasteiger partial charge in [0.2, 0.25) is 0 Å². The second-order valence-corrected chi connectivity index (χ2v) is 7.75. The molecule has 0 radical (unpaired) electrons. The second kappa shape index (κ2) is 8.49. The van der Waals surface area contributed by atoms with Gasteiger partial charge in [-0.1, -0.05) is 52.0 Å². The van der Waals surface area contributed by atoms with E-state index in [0.29, 0.717) is 18.4 Å². The molecule has 26 heavy (non-hydrogen) atoms. The standard InChI is InChI=1S/C21H32N4O/c1-13(2)17-8-10-18(11-9-17)20(14(3)4)22-12-19(26)23-21-15(5)24-25(7)16(21)6/h8-11,13-14,20,22H,12H2,1-7H3,(H,23,26)/p+1/t20-/m0/s1. The Balaban J connectivity index is 2.03. The number of amides is 1. The van der Waals surface area contributed by atoms with Crippen molar-refractivity contribution >= 4 is 11.6 Å². The van der Waals surface area contributed by atoms with Crippen LogP contribution in [0.2, 0.25) is 0 Å². The Morgan fingerprint density at radius 1 is 1.12 bits per heavy atom. The van der Waals surface area contributed by atoms with Gasteiger partial charge in [-0.25, -0.2) is 0 Å². The summed E-state index contributed by atoms with van der Waals surface area (Å²) in [5, 5.41) is 9.49. The molecule has 1 heterocycles. The molecule has 0 bridgehead atoms. The number of carbonyl (C=O) groups is 1. The molecule has 142 valence electrons. The van der Waals surface area contributed by atoms with Crippen LogP contribution in [-0.4, -0.2) is 22.2 Å². The van der Waals surface area contributed by atoms with E-state index in [1.165, 1.54) is 11.1 Å². The third-order valence-corrected chi connectivity index (χ3v) is 5.04. The number of hydrogen-bond donors (Lipinski definition) is 2. The van der Waals surface area contributed by atoms with Gasteiger partial charge in [0.25, 0.3) is 5.91 Å². The largest absolute Gasteiger partial charge is 0.332 e. The quantitative estimate of drug-likeness (QED) is 0.800. The number of nitrogens with zero attached hydrogens (tertiary/aromatic N) is 2. The predicted molar refractivity (Wildman–Crippen MR) is 106 cm³/mol. The summed E-state index contributed by atoms with van der Waals surface area (Å²) in [6.07, 6.45) is 0. The number of quaternary nitrogens is 1. The lowest BCUT2D eigenvalue weighted by atomic mass is 9.93. The van der Waals surface area contributed by atoms with Crippen LogP contribution in [-0.2, 0) is 11.8 Å². The molecule has 0 saturated heterocycles. The average Bonchev–Trinajstić information content (AvgIpc) is 2.81. The zero-order chi connectivity index (χ0) is 19.4. The first-order chi connectivity index (χ1) is 12.2. The van der Waals surface area contributed by atoms with Crippen LogP contribution in [0.3, 0.4) is 0 Å². The average molecular weight is 358 g/mol. The van der Waals surface area contributed by atoms with Crippen molar-refractivity contribution in [1.29, 1.82) is 0 Å². The Labute approximate surface area is 157 Å². The van der Waals surface area contributed by atoms with Crippen molar-refractivity contribution in [2.45, 2.75) is 53.5 Å². The van der Waals surface area contributed by atoms with Gasteiger partial charge in [0, 0.05) is 18.5 Å². The fraction of sp³-hybridized carbons (Fsp3) is 0.524. The van der Waals surface area contributed by atoms with Gasteiger partial charge in [0.05, 0.1) is 17.1 Å². The summed E-state index contributed by atoms with van der Waals surface area (Å²) in [6.45, 7) is 13.1. The molecule has 1 atom stereocenters. The Morgan fingerprint density at radius 3 is 2.15 bits per heavy atom. The summed E-state index contributed by atoms with van der Waals surface area (Å²) < 4.78 is 1.79. The van der Waals surface area contributed by atoms with E-state index in [-0.39, 0.29) is 11.9 Å². The van der Waals surface area contributed by atoms with Gasteiger partial charge in [-0.15, -0.1) is 0 Å². The van der Waals surface area contributed by atoms with Crippen molar-refractivity contribution in [3.8, 4) is 0 Å². The Morgan fingerprint density at radius 2 is 1.69 bits per heavy atom. The minimum atomic E-state index is 0.00801. The van der Waals surface area contributed by atoms with Gasteiger partial charge in [-0.2, -0.15) is 5.10 Å². The highest BCUT2D eigenvalue weighted by Crippen LogP contribution is 2.21. The summed E-state index contributed by atoms with van der Waals surface area (Å²) in [5.74, 6) is 0.977. The van der Waals surface area contributed by atoms with E-state index in [2.05, 4.69) is 67.7 Å². The molecule has 0 aliphatic carbocycles. The number of aromatic nitrogens is 2. The maximum absolute atomic E-state index is 12.4. The molecule has 2 rings (SSSR count). The minimum absolute atomic E-state index is 0.00801. The van der Waals surface area contributed by atoms with Crippen LogP contribution in [0.4, 0.5) is 5.69 Å². The van der Waals surface area contributed by atoms with Crippen LogP contribution in [0, 0.1) is 19.8 Å². The van der Waals surface area contributed by atoms with Crippen LogP contribution in [0.15, 0.2) is 24.3 Å². The molecule has 0 fully saturated rings. The molecule has 0 unspecified atom stereocenters. The Bertz CT molecular complexity index is 744. The molecule has 0 aliphatic rings. The molecule has 1 amide bonds. The van der Waals surface area contributed by atoms with Gasteiger partial charge >= 0.3 is 0 Å². The lowest BCUT2D eigenvalue weighted by Crippen LogP contribution is -2.88. The van der Waals surface area contributed by atoms with Crippen molar-refractivity contribution in [1.82, 2.24) is 9.78 Å². The second-order valence-electron chi connectivity index (χ2n) is 7.75. The third-order valence-electron chi connectivity index (χ3n) is 5.04. The van der Waals surface area contributed by atoms with Gasteiger partial charge in [-0.3, -0.25) is 9.48 Å². The van der Waals surface area contributed by atoms with E-state index in [9.17, 15) is 4.79 Å². The SMILES string of the molecule is Cc1nn(C)c(C)c1NC(=O)C[NH2+][C@H](c1ccc(C(C)C)cc1)C(C)C. The minimum Gasteiger partial charge on any atom is -0.332 e. The third kappa shape index (κ3) is 4.73. The van der Waals surface area contributed by atoms with E-state index < -0.39 is 0 Å². The lowest BCUT2D eigenvalue weighted by molar-refractivity contribution is -0.692. The van der Waals surface area contributed by atoms with Crippen LogP contribution < -0.4 is 10.6 Å². The highest BCUT2D eigenvalue weighted by Gasteiger charge is 2.21. The fourth-order valence-corrected chi connectivity index (χ4v) is 3.28. The molecular formula is C21H33N4O+. The predicted octanol–water partition coefficient (Wildman–Crippen LogP) is 3.06. The number of anilines is 1. The van der Waals surface area contributed by atoms with E-state index in [4.69, 9.17) is 0 Å². The first kappa shape index (κ1) is 20.2. The van der Waals surface area contributed by atoms with E-state index in [0.717, 1.165) is 17.1 Å². The number of benzene rings is 1. The summed E-state index contributed by atoms with van der Waals surface area (Å²) in [6, 6.07) is 9.06. The zero-order valence-electron chi connectivity index (χ0n) is 17.1. The van der Waals surface area contributed by atoms with E-state index in [1.54, 1.807) is 4.68 Å². The van der Waals surface area contributed by atoms with Crippen LogP contribution >= 0.6 is 0 Å². The molecule has 5 heteroatoms. The van der Waals surface area contributed by atoms with Crippen LogP contribution in [0.5, 0.6) is 0 Å². The summed E-state index contributed by atoms with van der Waals surface area (Å²) >= 11 is 0. The van der Waals surface area contributed by atoms with Gasteiger partial charge < -0.3 is 10.6 Å². The van der Waals surface area contributed by atoms with Gasteiger partial charge in [0.15, 0.2) is 6.54 Å². The Kier molecular flexibility index (Phi) is 6.59. The topological polar surface area (TPSA) is 63.5 Å². The van der Waals surface area contributed by atoms with Crippen molar-refractivity contribution in [2.75, 3.05) is 11.9 Å². The lowest BCUT2D eigenvalue weighted by Gasteiger charge is -2.20. The van der Waals surface area contributed by atoms with E-state index in [1.807, 2.05) is 20.9 Å². The fourth-order valence-electron chi connectivity index (χ4n) is 3.28. The van der Waals surface area contributed by atoms with Gasteiger partial charge in [0.1, 0.15) is 6.04 Å². The van der Waals surface area contributed by atoms with Crippen LogP contribution in [0.25, 0.3) is 0 Å². The summed E-state index contributed by atoms with van der Waals surface area (Å²) in [7, 11) is 1.89. The molecule has 1 aromatic carbocycles. The highest BCUT2D eigenvalue weighted by atomic mass is 16.1. The zero-order valence-corrected chi connectivity index (χ0v) is 17.1. The number of nitrogens with one attached hydrogen (secondary N) is 1. The summed E-state index contributed by atoms with van der Waals surface area (Å²) in [4.78, 5) is 12.4. The first-order valence-corrected chi connectivity index (χ1v) is 9.44. The molecule has 2 aromatic rings.